The van der Waals surface area contributed by atoms with E-state index in [-0.39, 0.29) is 0 Å². The Labute approximate surface area is 107 Å². The molecule has 0 aliphatic heterocycles. The van der Waals surface area contributed by atoms with E-state index in [2.05, 4.69) is 35.3 Å². The molecule has 2 rings (SSSR count). The first-order valence-electron chi connectivity index (χ1n) is 6.14. The normalized spacial score (nSPS) is 13.1. The second-order valence-corrected chi connectivity index (χ2v) is 4.67. The van der Waals surface area contributed by atoms with Gasteiger partial charge in [-0.05, 0) is 32.8 Å². The number of methoxy groups -OCH3 is 1. The van der Waals surface area contributed by atoms with Gasteiger partial charge in [-0.25, -0.2) is 9.97 Å². The highest BCUT2D eigenvalue weighted by molar-refractivity contribution is 5.90. The number of anilines is 1. The van der Waals surface area contributed by atoms with Crippen molar-refractivity contribution < 1.29 is 4.74 Å². The van der Waals surface area contributed by atoms with E-state index in [1.165, 1.54) is 12.0 Å². The molecule has 2 heterocycles. The summed E-state index contributed by atoms with van der Waals surface area (Å²) in [5, 5.41) is 0.972. The van der Waals surface area contributed by atoms with Crippen LogP contribution in [0.4, 0.5) is 5.82 Å². The predicted molar refractivity (Wildman–Crippen MR) is 72.6 cm³/mol. The SMILES string of the molecule is COCCC(C)n1c(C)c(C)c2c(N)ncnc21. The maximum absolute atomic E-state index is 5.95. The summed E-state index contributed by atoms with van der Waals surface area (Å²) in [6.45, 7) is 7.07. The lowest BCUT2D eigenvalue weighted by molar-refractivity contribution is 0.181. The fraction of sp³-hybridized carbons (Fsp3) is 0.538. The molecule has 98 valence electrons. The highest BCUT2D eigenvalue weighted by Gasteiger charge is 2.18. The third kappa shape index (κ3) is 1.95. The average molecular weight is 248 g/mol. The number of aromatic nitrogens is 3. The molecule has 1 atom stereocenters. The summed E-state index contributed by atoms with van der Waals surface area (Å²) >= 11 is 0. The van der Waals surface area contributed by atoms with Crippen LogP contribution in [-0.2, 0) is 4.74 Å². The van der Waals surface area contributed by atoms with Crippen LogP contribution in [0.5, 0.6) is 0 Å². The second-order valence-electron chi connectivity index (χ2n) is 4.67. The topological polar surface area (TPSA) is 66.0 Å². The number of nitrogens with zero attached hydrogens (tertiary/aromatic N) is 3. The maximum atomic E-state index is 5.95. The molecule has 0 fully saturated rings. The Morgan fingerprint density at radius 3 is 2.78 bits per heavy atom. The average Bonchev–Trinajstić information content (AvgIpc) is 2.60. The molecule has 0 aliphatic rings. The molecule has 2 N–H and O–H groups in total. The first-order valence-corrected chi connectivity index (χ1v) is 6.14. The lowest BCUT2D eigenvalue weighted by Gasteiger charge is -2.16. The molecule has 0 spiro atoms. The highest BCUT2D eigenvalue weighted by atomic mass is 16.5. The van der Waals surface area contributed by atoms with Gasteiger partial charge >= 0.3 is 0 Å². The Hall–Kier alpha value is -1.62. The summed E-state index contributed by atoms with van der Waals surface area (Å²) in [6.07, 6.45) is 2.47. The van der Waals surface area contributed by atoms with Gasteiger partial charge in [-0.1, -0.05) is 0 Å². The summed E-state index contributed by atoms with van der Waals surface area (Å²) in [4.78, 5) is 8.46. The minimum absolute atomic E-state index is 0.329. The Balaban J connectivity index is 2.57. The van der Waals surface area contributed by atoms with Gasteiger partial charge in [-0.2, -0.15) is 0 Å². The zero-order chi connectivity index (χ0) is 13.3. The van der Waals surface area contributed by atoms with E-state index >= 15 is 0 Å². The summed E-state index contributed by atoms with van der Waals surface area (Å²) in [5.41, 5.74) is 9.22. The van der Waals surface area contributed by atoms with Crippen molar-refractivity contribution in [1.82, 2.24) is 14.5 Å². The molecule has 5 nitrogen and oxygen atoms in total. The van der Waals surface area contributed by atoms with Crippen LogP contribution in [0.1, 0.15) is 30.6 Å². The van der Waals surface area contributed by atoms with E-state index in [9.17, 15) is 0 Å². The van der Waals surface area contributed by atoms with Crippen LogP contribution < -0.4 is 5.73 Å². The Bertz CT molecular complexity index is 562. The van der Waals surface area contributed by atoms with Crippen molar-refractivity contribution in [3.8, 4) is 0 Å². The highest BCUT2D eigenvalue weighted by Crippen LogP contribution is 2.30. The molecule has 1 unspecified atom stereocenters. The molecule has 5 heteroatoms. The molecule has 0 saturated heterocycles. The van der Waals surface area contributed by atoms with Crippen LogP contribution >= 0.6 is 0 Å². The largest absolute Gasteiger partial charge is 0.385 e. The van der Waals surface area contributed by atoms with Crippen LogP contribution in [0.2, 0.25) is 0 Å². The molecule has 0 aliphatic carbocycles. The molecule has 0 radical (unpaired) electrons. The van der Waals surface area contributed by atoms with Crippen molar-refractivity contribution in [2.45, 2.75) is 33.2 Å². The Kier molecular flexibility index (Phi) is 3.52. The lowest BCUT2D eigenvalue weighted by Crippen LogP contribution is -2.10. The second kappa shape index (κ2) is 4.94. The van der Waals surface area contributed by atoms with E-state index in [4.69, 9.17) is 10.5 Å². The van der Waals surface area contributed by atoms with Crippen LogP contribution in [-0.4, -0.2) is 28.3 Å². The number of nitrogen functional groups attached to an aromatic ring is 1. The minimum atomic E-state index is 0.329. The quantitative estimate of drug-likeness (QED) is 0.901. The van der Waals surface area contributed by atoms with Crippen molar-refractivity contribution in [3.05, 3.63) is 17.6 Å². The molecular weight excluding hydrogens is 228 g/mol. The maximum Gasteiger partial charge on any atom is 0.146 e. The molecular formula is C13H20N4O. The first kappa shape index (κ1) is 12.8. The predicted octanol–water partition coefficient (Wildman–Crippen LogP) is 2.23. The van der Waals surface area contributed by atoms with Gasteiger partial charge in [0.2, 0.25) is 0 Å². The van der Waals surface area contributed by atoms with E-state index in [0.29, 0.717) is 11.9 Å². The van der Waals surface area contributed by atoms with Gasteiger partial charge < -0.3 is 15.0 Å². The van der Waals surface area contributed by atoms with Crippen LogP contribution in [0, 0.1) is 13.8 Å². The fourth-order valence-electron chi connectivity index (χ4n) is 2.41. The van der Waals surface area contributed by atoms with E-state index in [1.54, 1.807) is 7.11 Å². The Morgan fingerprint density at radius 2 is 2.11 bits per heavy atom. The molecule has 0 aromatic carbocycles. The van der Waals surface area contributed by atoms with E-state index < -0.39 is 0 Å². The van der Waals surface area contributed by atoms with E-state index in [1.807, 2.05) is 0 Å². The monoisotopic (exact) mass is 248 g/mol. The molecule has 2 aromatic rings. The van der Waals surface area contributed by atoms with Gasteiger partial charge in [-0.15, -0.1) is 0 Å². The van der Waals surface area contributed by atoms with Crippen molar-refractivity contribution in [1.29, 1.82) is 0 Å². The van der Waals surface area contributed by atoms with Crippen molar-refractivity contribution in [2.24, 2.45) is 0 Å². The standard InChI is InChI=1S/C13H20N4O/c1-8(5-6-18-4)17-10(3)9(2)11-12(14)15-7-16-13(11)17/h7-8H,5-6H2,1-4H3,(H2,14,15,16). The third-order valence-corrected chi connectivity index (χ3v) is 3.54. The van der Waals surface area contributed by atoms with Gasteiger partial charge in [0.25, 0.3) is 0 Å². The lowest BCUT2D eigenvalue weighted by atomic mass is 10.2. The van der Waals surface area contributed by atoms with Gasteiger partial charge in [0.15, 0.2) is 0 Å². The number of fused-ring (bicyclic) bond motifs is 1. The van der Waals surface area contributed by atoms with Crippen LogP contribution in [0.25, 0.3) is 11.0 Å². The zero-order valence-electron chi connectivity index (χ0n) is 11.4. The van der Waals surface area contributed by atoms with Crippen molar-refractivity contribution in [2.75, 3.05) is 19.5 Å². The minimum Gasteiger partial charge on any atom is -0.385 e. The molecule has 0 saturated carbocycles. The number of ether oxygens (including phenoxy) is 1. The molecule has 0 amide bonds. The van der Waals surface area contributed by atoms with Crippen molar-refractivity contribution in [3.63, 3.8) is 0 Å². The third-order valence-electron chi connectivity index (χ3n) is 3.54. The number of hydrogen-bond acceptors (Lipinski definition) is 4. The van der Waals surface area contributed by atoms with Gasteiger partial charge in [0, 0.05) is 25.5 Å². The Morgan fingerprint density at radius 1 is 1.39 bits per heavy atom. The summed E-state index contributed by atoms with van der Waals surface area (Å²) in [5.74, 6) is 0.554. The first-order chi connectivity index (χ1) is 8.57. The van der Waals surface area contributed by atoms with Crippen molar-refractivity contribution >= 4 is 16.9 Å². The smallest absolute Gasteiger partial charge is 0.146 e. The summed E-state index contributed by atoms with van der Waals surface area (Å²) in [7, 11) is 1.72. The zero-order valence-corrected chi connectivity index (χ0v) is 11.4. The number of rotatable bonds is 4. The van der Waals surface area contributed by atoms with E-state index in [0.717, 1.165) is 29.6 Å². The molecule has 18 heavy (non-hydrogen) atoms. The van der Waals surface area contributed by atoms with Crippen LogP contribution in [0.15, 0.2) is 6.33 Å². The number of nitrogens with two attached hydrogens (primary N) is 1. The number of hydrogen-bond donors (Lipinski definition) is 1. The van der Waals surface area contributed by atoms with Gasteiger partial charge in [0.1, 0.15) is 17.8 Å². The van der Waals surface area contributed by atoms with Gasteiger partial charge in [-0.3, -0.25) is 0 Å². The molecule has 0 bridgehead atoms. The fourth-order valence-corrected chi connectivity index (χ4v) is 2.41. The van der Waals surface area contributed by atoms with Crippen LogP contribution in [0.3, 0.4) is 0 Å². The van der Waals surface area contributed by atoms with Gasteiger partial charge in [0.05, 0.1) is 5.39 Å². The molecule has 2 aromatic heterocycles. The number of aryl methyl sites for hydroxylation is 1. The summed E-state index contributed by atoms with van der Waals surface area (Å²) < 4.78 is 7.37. The summed E-state index contributed by atoms with van der Waals surface area (Å²) in [6, 6.07) is 0.329.